The average molecular weight is 227 g/mol. The maximum Gasteiger partial charge on any atom is 0.123 e. The van der Waals surface area contributed by atoms with Crippen LogP contribution >= 0.6 is 0 Å². The van der Waals surface area contributed by atoms with Crippen molar-refractivity contribution < 1.29 is 20.4 Å². The molecule has 0 bridgehead atoms. The van der Waals surface area contributed by atoms with Crippen molar-refractivity contribution in [3.63, 3.8) is 0 Å². The molecule has 5 heteroatoms. The van der Waals surface area contributed by atoms with E-state index in [1.165, 1.54) is 19.1 Å². The largest absolute Gasteiger partial charge is 0.508 e. The topological polar surface area (TPSA) is 93.0 Å². The minimum Gasteiger partial charge on any atom is -0.508 e. The zero-order chi connectivity index (χ0) is 12.2. The number of aliphatic hydroxyl groups is 2. The summed E-state index contributed by atoms with van der Waals surface area (Å²) in [5, 5.41) is 39.8. The Balaban J connectivity index is 2.49. The van der Waals surface area contributed by atoms with Crippen LogP contribution in [0.4, 0.5) is 0 Å². The lowest BCUT2D eigenvalue weighted by Crippen LogP contribution is -2.40. The summed E-state index contributed by atoms with van der Waals surface area (Å²) < 4.78 is 0. The van der Waals surface area contributed by atoms with Crippen molar-refractivity contribution in [1.29, 1.82) is 0 Å². The molecule has 0 radical (unpaired) electrons. The van der Waals surface area contributed by atoms with E-state index in [2.05, 4.69) is 5.32 Å². The lowest BCUT2D eigenvalue weighted by atomic mass is 10.1. The van der Waals surface area contributed by atoms with Crippen LogP contribution in [0.1, 0.15) is 12.5 Å². The second-order valence-electron chi connectivity index (χ2n) is 4.07. The van der Waals surface area contributed by atoms with E-state index < -0.39 is 5.60 Å². The van der Waals surface area contributed by atoms with Gasteiger partial charge in [0.25, 0.3) is 0 Å². The minimum absolute atomic E-state index is 0.00334. The quantitative estimate of drug-likeness (QED) is 0.485. The van der Waals surface area contributed by atoms with Crippen molar-refractivity contribution >= 4 is 0 Å². The van der Waals surface area contributed by atoms with Gasteiger partial charge in [-0.05, 0) is 13.0 Å². The summed E-state index contributed by atoms with van der Waals surface area (Å²) in [4.78, 5) is 0. The van der Waals surface area contributed by atoms with Crippen molar-refractivity contribution in [2.75, 3.05) is 13.2 Å². The monoisotopic (exact) mass is 227 g/mol. The van der Waals surface area contributed by atoms with Crippen LogP contribution in [0.25, 0.3) is 0 Å². The van der Waals surface area contributed by atoms with Crippen LogP contribution in [0.3, 0.4) is 0 Å². The van der Waals surface area contributed by atoms with Gasteiger partial charge in [-0.25, -0.2) is 0 Å². The summed E-state index contributed by atoms with van der Waals surface area (Å²) >= 11 is 0. The Morgan fingerprint density at radius 3 is 2.56 bits per heavy atom. The highest BCUT2D eigenvalue weighted by Crippen LogP contribution is 2.22. The molecule has 5 N–H and O–H groups in total. The predicted molar refractivity (Wildman–Crippen MR) is 59.2 cm³/mol. The Bertz CT molecular complexity index is 352. The van der Waals surface area contributed by atoms with Crippen molar-refractivity contribution in [1.82, 2.24) is 5.32 Å². The fourth-order valence-electron chi connectivity index (χ4n) is 1.22. The van der Waals surface area contributed by atoms with E-state index in [0.717, 1.165) is 0 Å². The Hall–Kier alpha value is -1.30. The summed E-state index contributed by atoms with van der Waals surface area (Å²) in [6.07, 6.45) is 0. The van der Waals surface area contributed by atoms with E-state index in [1.807, 2.05) is 0 Å². The standard InChI is InChI=1S/C11H17NO4/c1-11(16,7-13)6-12-5-8-2-3-9(14)4-10(8)15/h2-4,12-16H,5-7H2,1H3. The normalized spacial score (nSPS) is 14.7. The van der Waals surface area contributed by atoms with E-state index in [0.29, 0.717) is 12.1 Å². The summed E-state index contributed by atoms with van der Waals surface area (Å²) in [5.41, 5.74) is -0.557. The number of hydrogen-bond acceptors (Lipinski definition) is 5. The van der Waals surface area contributed by atoms with Gasteiger partial charge in [0.05, 0.1) is 12.2 Å². The van der Waals surface area contributed by atoms with Gasteiger partial charge in [-0.1, -0.05) is 6.07 Å². The van der Waals surface area contributed by atoms with Gasteiger partial charge in [-0.2, -0.15) is 0 Å². The van der Waals surface area contributed by atoms with Crippen molar-refractivity contribution in [3.05, 3.63) is 23.8 Å². The van der Waals surface area contributed by atoms with Crippen LogP contribution in [0, 0.1) is 0 Å². The first kappa shape index (κ1) is 12.8. The third-order valence-electron chi connectivity index (χ3n) is 2.23. The molecule has 0 saturated heterocycles. The van der Waals surface area contributed by atoms with E-state index in [1.54, 1.807) is 6.07 Å². The molecule has 1 aromatic carbocycles. The number of phenols is 2. The molecule has 5 nitrogen and oxygen atoms in total. The maximum absolute atomic E-state index is 9.50. The SMILES string of the molecule is CC(O)(CO)CNCc1ccc(O)cc1O. The van der Waals surface area contributed by atoms with Gasteiger partial charge in [-0.3, -0.25) is 0 Å². The Labute approximate surface area is 94.0 Å². The summed E-state index contributed by atoms with van der Waals surface area (Å²) in [6.45, 7) is 1.74. The molecule has 0 spiro atoms. The highest BCUT2D eigenvalue weighted by molar-refractivity contribution is 5.38. The fourth-order valence-corrected chi connectivity index (χ4v) is 1.22. The van der Waals surface area contributed by atoms with E-state index in [-0.39, 0.29) is 24.7 Å². The van der Waals surface area contributed by atoms with Crippen LogP contribution in [0.2, 0.25) is 0 Å². The molecule has 1 aromatic rings. The molecule has 0 aliphatic rings. The Morgan fingerprint density at radius 2 is 2.00 bits per heavy atom. The molecule has 1 unspecified atom stereocenters. The highest BCUT2D eigenvalue weighted by atomic mass is 16.3. The predicted octanol–water partition coefficient (Wildman–Crippen LogP) is -0.0693. The number of aromatic hydroxyl groups is 2. The Kier molecular flexibility index (Phi) is 4.12. The molecule has 16 heavy (non-hydrogen) atoms. The third kappa shape index (κ3) is 3.69. The van der Waals surface area contributed by atoms with Crippen LogP contribution in [-0.4, -0.2) is 39.2 Å². The lowest BCUT2D eigenvalue weighted by molar-refractivity contribution is 0.00250. The van der Waals surface area contributed by atoms with Crippen LogP contribution in [0.15, 0.2) is 18.2 Å². The minimum atomic E-state index is -1.17. The average Bonchev–Trinajstić information content (AvgIpc) is 2.21. The molecule has 1 atom stereocenters. The van der Waals surface area contributed by atoms with Gasteiger partial charge in [0.1, 0.15) is 11.5 Å². The molecule has 0 aromatic heterocycles. The lowest BCUT2D eigenvalue weighted by Gasteiger charge is -2.20. The van der Waals surface area contributed by atoms with Crippen LogP contribution < -0.4 is 5.32 Å². The number of hydrogen-bond donors (Lipinski definition) is 5. The zero-order valence-electron chi connectivity index (χ0n) is 9.14. The first-order chi connectivity index (χ1) is 7.44. The highest BCUT2D eigenvalue weighted by Gasteiger charge is 2.18. The van der Waals surface area contributed by atoms with E-state index >= 15 is 0 Å². The fraction of sp³-hybridized carbons (Fsp3) is 0.455. The third-order valence-corrected chi connectivity index (χ3v) is 2.23. The van der Waals surface area contributed by atoms with Crippen LogP contribution in [0.5, 0.6) is 11.5 Å². The second-order valence-corrected chi connectivity index (χ2v) is 4.07. The molecule has 1 rings (SSSR count). The molecular weight excluding hydrogens is 210 g/mol. The van der Waals surface area contributed by atoms with Crippen molar-refractivity contribution in [2.45, 2.75) is 19.1 Å². The molecule has 0 heterocycles. The number of benzene rings is 1. The van der Waals surface area contributed by atoms with E-state index in [9.17, 15) is 10.2 Å². The molecule has 0 aliphatic heterocycles. The van der Waals surface area contributed by atoms with Gasteiger partial charge in [-0.15, -0.1) is 0 Å². The van der Waals surface area contributed by atoms with Gasteiger partial charge < -0.3 is 25.7 Å². The number of phenolic OH excluding ortho intramolecular Hbond substituents is 2. The summed E-state index contributed by atoms with van der Waals surface area (Å²) in [7, 11) is 0. The molecule has 0 fully saturated rings. The molecule has 0 saturated carbocycles. The smallest absolute Gasteiger partial charge is 0.123 e. The number of rotatable bonds is 5. The van der Waals surface area contributed by atoms with Gasteiger partial charge in [0.2, 0.25) is 0 Å². The summed E-state index contributed by atoms with van der Waals surface area (Å²) in [6, 6.07) is 4.31. The van der Waals surface area contributed by atoms with Crippen LogP contribution in [-0.2, 0) is 6.54 Å². The van der Waals surface area contributed by atoms with Gasteiger partial charge in [0, 0.05) is 24.7 Å². The van der Waals surface area contributed by atoms with Gasteiger partial charge >= 0.3 is 0 Å². The number of aliphatic hydroxyl groups excluding tert-OH is 1. The first-order valence-electron chi connectivity index (χ1n) is 4.99. The van der Waals surface area contributed by atoms with Crippen molar-refractivity contribution in [3.8, 4) is 11.5 Å². The second kappa shape index (κ2) is 5.16. The molecule has 0 amide bonds. The first-order valence-corrected chi connectivity index (χ1v) is 4.99. The van der Waals surface area contributed by atoms with Crippen molar-refractivity contribution in [2.24, 2.45) is 0 Å². The summed E-state index contributed by atoms with van der Waals surface area (Å²) in [5.74, 6) is -0.000235. The molecular formula is C11H17NO4. The zero-order valence-corrected chi connectivity index (χ0v) is 9.14. The maximum atomic E-state index is 9.50. The molecule has 0 aliphatic carbocycles. The number of nitrogens with one attached hydrogen (secondary N) is 1. The Morgan fingerprint density at radius 1 is 1.31 bits per heavy atom. The van der Waals surface area contributed by atoms with E-state index in [4.69, 9.17) is 10.2 Å². The molecule has 90 valence electrons. The van der Waals surface area contributed by atoms with Gasteiger partial charge in [0.15, 0.2) is 0 Å².